The third-order valence-electron chi connectivity index (χ3n) is 3.65. The standard InChI is InChI=1S/C18H13ClN6OS2/c19-13-7-4-8-14(9-13)22-17-23-24-18(28-17)27-16(25-11-20-10-21-25)15(26)12-5-2-1-3-6-12/h1-11,16H,(H,22,23)/t16-/m0/s1. The minimum atomic E-state index is -0.628. The number of aromatic nitrogens is 5. The Morgan fingerprint density at radius 3 is 2.75 bits per heavy atom. The molecule has 0 spiro atoms. The van der Waals surface area contributed by atoms with Crippen LogP contribution in [-0.2, 0) is 0 Å². The molecule has 0 saturated heterocycles. The van der Waals surface area contributed by atoms with Crippen molar-refractivity contribution in [3.63, 3.8) is 0 Å². The van der Waals surface area contributed by atoms with E-state index >= 15 is 0 Å². The Balaban J connectivity index is 1.54. The number of benzene rings is 2. The Kier molecular flexibility index (Phi) is 5.65. The lowest BCUT2D eigenvalue weighted by atomic mass is 10.1. The molecule has 0 fully saturated rings. The van der Waals surface area contributed by atoms with E-state index in [2.05, 4.69) is 25.6 Å². The fourth-order valence-electron chi connectivity index (χ4n) is 2.40. The van der Waals surface area contributed by atoms with Crippen molar-refractivity contribution in [3.05, 3.63) is 77.8 Å². The summed E-state index contributed by atoms with van der Waals surface area (Å²) in [5.41, 5.74) is 1.41. The average Bonchev–Trinajstić information content (AvgIpc) is 3.38. The van der Waals surface area contributed by atoms with E-state index in [1.54, 1.807) is 24.3 Å². The van der Waals surface area contributed by atoms with E-state index in [0.29, 0.717) is 20.1 Å². The Bertz CT molecular complexity index is 1070. The van der Waals surface area contributed by atoms with Gasteiger partial charge in [-0.05, 0) is 18.2 Å². The van der Waals surface area contributed by atoms with Gasteiger partial charge in [0.2, 0.25) is 5.13 Å². The predicted octanol–water partition coefficient (Wildman–Crippen LogP) is 4.70. The molecular weight excluding hydrogens is 416 g/mol. The SMILES string of the molecule is O=C(c1ccccc1)[C@H](Sc1nnc(Nc2cccc(Cl)c2)s1)n1cncn1. The molecule has 0 unspecified atom stereocenters. The van der Waals surface area contributed by atoms with E-state index in [0.717, 1.165) is 5.69 Å². The zero-order chi connectivity index (χ0) is 19.3. The predicted molar refractivity (Wildman–Crippen MR) is 110 cm³/mol. The Morgan fingerprint density at radius 2 is 2.00 bits per heavy atom. The lowest BCUT2D eigenvalue weighted by molar-refractivity contribution is 0.0962. The Morgan fingerprint density at radius 1 is 1.14 bits per heavy atom. The average molecular weight is 429 g/mol. The van der Waals surface area contributed by atoms with Crippen molar-refractivity contribution in [2.24, 2.45) is 0 Å². The Labute approximate surface area is 173 Å². The molecule has 2 aromatic carbocycles. The molecule has 0 amide bonds. The summed E-state index contributed by atoms with van der Waals surface area (Å²) < 4.78 is 2.15. The highest BCUT2D eigenvalue weighted by molar-refractivity contribution is 8.01. The van der Waals surface area contributed by atoms with E-state index in [-0.39, 0.29) is 5.78 Å². The molecule has 10 heteroatoms. The van der Waals surface area contributed by atoms with Gasteiger partial charge in [0.25, 0.3) is 0 Å². The second-order valence-electron chi connectivity index (χ2n) is 5.58. The lowest BCUT2D eigenvalue weighted by Crippen LogP contribution is -2.17. The molecule has 0 saturated carbocycles. The molecule has 4 rings (SSSR count). The van der Waals surface area contributed by atoms with Crippen LogP contribution in [0, 0.1) is 0 Å². The number of carbonyl (C=O) groups is 1. The summed E-state index contributed by atoms with van der Waals surface area (Å²) in [4.78, 5) is 17.0. The molecule has 140 valence electrons. The first kappa shape index (κ1) is 18.6. The number of Topliss-reactive ketones (excluding diaryl/α,β-unsaturated/α-hetero) is 1. The molecule has 2 heterocycles. The molecular formula is C18H13ClN6OS2. The molecule has 0 aliphatic carbocycles. The first-order valence-electron chi connectivity index (χ1n) is 8.15. The van der Waals surface area contributed by atoms with Crippen molar-refractivity contribution < 1.29 is 4.79 Å². The number of thioether (sulfide) groups is 1. The minimum absolute atomic E-state index is 0.0874. The van der Waals surface area contributed by atoms with E-state index < -0.39 is 5.37 Å². The van der Waals surface area contributed by atoms with Crippen LogP contribution in [0.1, 0.15) is 15.7 Å². The summed E-state index contributed by atoms with van der Waals surface area (Å²) in [5, 5.41) is 16.2. The van der Waals surface area contributed by atoms with Gasteiger partial charge >= 0.3 is 0 Å². The number of rotatable bonds is 7. The van der Waals surface area contributed by atoms with Crippen LogP contribution in [-0.4, -0.2) is 30.7 Å². The normalized spacial score (nSPS) is 11.9. The summed E-state index contributed by atoms with van der Waals surface area (Å²) in [7, 11) is 0. The van der Waals surface area contributed by atoms with Crippen LogP contribution in [0.3, 0.4) is 0 Å². The number of nitrogens with zero attached hydrogens (tertiary/aromatic N) is 5. The van der Waals surface area contributed by atoms with Gasteiger partial charge in [0.1, 0.15) is 12.7 Å². The summed E-state index contributed by atoms with van der Waals surface area (Å²) in [6.45, 7) is 0. The van der Waals surface area contributed by atoms with E-state index in [9.17, 15) is 4.79 Å². The quantitative estimate of drug-likeness (QED) is 0.337. The molecule has 0 aliphatic rings. The highest BCUT2D eigenvalue weighted by Gasteiger charge is 2.25. The van der Waals surface area contributed by atoms with Gasteiger partial charge in [-0.1, -0.05) is 71.1 Å². The van der Waals surface area contributed by atoms with E-state index in [4.69, 9.17) is 11.6 Å². The van der Waals surface area contributed by atoms with Gasteiger partial charge in [-0.25, -0.2) is 9.67 Å². The molecule has 0 aliphatic heterocycles. The number of carbonyl (C=O) groups excluding carboxylic acids is 1. The molecule has 0 bridgehead atoms. The number of hydrogen-bond acceptors (Lipinski definition) is 8. The van der Waals surface area contributed by atoms with Crippen LogP contribution in [0.25, 0.3) is 0 Å². The highest BCUT2D eigenvalue weighted by Crippen LogP contribution is 2.36. The highest BCUT2D eigenvalue weighted by atomic mass is 35.5. The molecule has 2 aromatic heterocycles. The second kappa shape index (κ2) is 8.51. The molecule has 0 radical (unpaired) electrons. The van der Waals surface area contributed by atoms with Crippen molar-refractivity contribution >= 4 is 51.3 Å². The summed E-state index contributed by atoms with van der Waals surface area (Å²) >= 11 is 8.62. The monoisotopic (exact) mass is 428 g/mol. The molecule has 1 N–H and O–H groups in total. The maximum Gasteiger partial charge on any atom is 0.210 e. The fourth-order valence-corrected chi connectivity index (χ4v) is 4.53. The summed E-state index contributed by atoms with van der Waals surface area (Å²) in [5.74, 6) is -0.0874. The first-order valence-corrected chi connectivity index (χ1v) is 10.2. The van der Waals surface area contributed by atoms with Gasteiger partial charge in [-0.2, -0.15) is 5.10 Å². The van der Waals surface area contributed by atoms with Crippen LogP contribution in [0.5, 0.6) is 0 Å². The number of anilines is 2. The summed E-state index contributed by atoms with van der Waals surface area (Å²) in [6, 6.07) is 16.4. The van der Waals surface area contributed by atoms with Crippen molar-refractivity contribution in [2.75, 3.05) is 5.32 Å². The van der Waals surface area contributed by atoms with E-state index in [1.807, 2.05) is 30.3 Å². The van der Waals surface area contributed by atoms with Crippen molar-refractivity contribution in [1.29, 1.82) is 0 Å². The third-order valence-corrected chi connectivity index (χ3v) is 6.00. The number of ketones is 1. The van der Waals surface area contributed by atoms with Gasteiger partial charge in [-0.3, -0.25) is 4.79 Å². The third kappa shape index (κ3) is 4.38. The second-order valence-corrected chi connectivity index (χ2v) is 8.33. The van der Waals surface area contributed by atoms with Crippen LogP contribution in [0.2, 0.25) is 5.02 Å². The van der Waals surface area contributed by atoms with Crippen molar-refractivity contribution in [3.8, 4) is 0 Å². The maximum atomic E-state index is 13.0. The van der Waals surface area contributed by atoms with E-state index in [1.165, 1.54) is 40.4 Å². The molecule has 4 aromatic rings. The van der Waals surface area contributed by atoms with Crippen LogP contribution >= 0.6 is 34.7 Å². The molecule has 28 heavy (non-hydrogen) atoms. The van der Waals surface area contributed by atoms with Gasteiger partial charge < -0.3 is 5.32 Å². The topological polar surface area (TPSA) is 85.6 Å². The maximum absolute atomic E-state index is 13.0. The zero-order valence-electron chi connectivity index (χ0n) is 14.3. The minimum Gasteiger partial charge on any atom is -0.330 e. The first-order chi connectivity index (χ1) is 13.7. The van der Waals surface area contributed by atoms with Crippen molar-refractivity contribution in [2.45, 2.75) is 9.71 Å². The Hall–Kier alpha value is -2.75. The zero-order valence-corrected chi connectivity index (χ0v) is 16.7. The van der Waals surface area contributed by atoms with Crippen LogP contribution < -0.4 is 5.32 Å². The fraction of sp³-hybridized carbons (Fsp3) is 0.0556. The lowest BCUT2D eigenvalue weighted by Gasteiger charge is -2.13. The van der Waals surface area contributed by atoms with Crippen LogP contribution in [0.15, 0.2) is 71.6 Å². The van der Waals surface area contributed by atoms with Crippen LogP contribution in [0.4, 0.5) is 10.8 Å². The summed E-state index contributed by atoms with van der Waals surface area (Å²) in [6.07, 6.45) is 2.92. The van der Waals surface area contributed by atoms with Gasteiger partial charge in [0.15, 0.2) is 15.5 Å². The largest absolute Gasteiger partial charge is 0.330 e. The van der Waals surface area contributed by atoms with Gasteiger partial charge in [0, 0.05) is 16.3 Å². The number of hydrogen-bond donors (Lipinski definition) is 1. The number of halogens is 1. The molecule has 1 atom stereocenters. The smallest absolute Gasteiger partial charge is 0.210 e. The van der Waals surface area contributed by atoms with Gasteiger partial charge in [-0.15, -0.1) is 10.2 Å². The van der Waals surface area contributed by atoms with Crippen molar-refractivity contribution in [1.82, 2.24) is 25.0 Å². The molecule has 7 nitrogen and oxygen atoms in total. The van der Waals surface area contributed by atoms with Gasteiger partial charge in [0.05, 0.1) is 0 Å². The number of nitrogens with one attached hydrogen (secondary N) is 1.